The molecule has 1 rings (SSSR count). The van der Waals surface area contributed by atoms with E-state index in [9.17, 15) is 4.79 Å². The second-order valence-electron chi connectivity index (χ2n) is 2.32. The highest BCUT2D eigenvalue weighted by Crippen LogP contribution is 2.09. The van der Waals surface area contributed by atoms with Crippen LogP contribution in [0.4, 0.5) is 0 Å². The molecule has 1 saturated heterocycles. The Morgan fingerprint density at radius 3 is 2.80 bits per heavy atom. The largest absolute Gasteiger partial charge is 0.480 e. The van der Waals surface area contributed by atoms with Gasteiger partial charge in [-0.25, -0.2) is 5.53 Å². The molecule has 0 spiro atoms. The SMILES string of the molecule is N=NC1CN[C@H](C(=O)O)C1. The van der Waals surface area contributed by atoms with E-state index in [0.717, 1.165) is 0 Å². The maximum absolute atomic E-state index is 10.3. The number of hydrogen-bond donors (Lipinski definition) is 3. The van der Waals surface area contributed by atoms with Crippen LogP contribution in [0.3, 0.4) is 0 Å². The lowest BCUT2D eigenvalue weighted by Gasteiger charge is -1.99. The minimum Gasteiger partial charge on any atom is -0.480 e. The van der Waals surface area contributed by atoms with Crippen LogP contribution in [-0.4, -0.2) is 29.7 Å². The number of carboxylic acids is 1. The number of carbonyl (C=O) groups is 1. The molecule has 1 unspecified atom stereocenters. The normalized spacial score (nSPS) is 32.0. The third-order valence-corrected chi connectivity index (χ3v) is 1.59. The Bertz CT molecular complexity index is 159. The van der Waals surface area contributed by atoms with Gasteiger partial charge in [0.2, 0.25) is 0 Å². The molecule has 3 N–H and O–H groups in total. The zero-order chi connectivity index (χ0) is 7.56. The molecule has 5 nitrogen and oxygen atoms in total. The van der Waals surface area contributed by atoms with Gasteiger partial charge in [-0.05, 0) is 6.42 Å². The number of carboxylic acid groups (broad SMARTS) is 1. The van der Waals surface area contributed by atoms with Crippen LogP contribution in [0.15, 0.2) is 5.11 Å². The summed E-state index contributed by atoms with van der Waals surface area (Å²) in [6.07, 6.45) is 0.443. The molecule has 0 aromatic rings. The van der Waals surface area contributed by atoms with Gasteiger partial charge in [-0.1, -0.05) is 0 Å². The third kappa shape index (κ3) is 1.30. The fraction of sp³-hybridized carbons (Fsp3) is 0.800. The van der Waals surface area contributed by atoms with Crippen LogP contribution in [0.25, 0.3) is 0 Å². The molecule has 0 saturated carbocycles. The first-order valence-corrected chi connectivity index (χ1v) is 3.07. The van der Waals surface area contributed by atoms with E-state index in [-0.39, 0.29) is 6.04 Å². The molecule has 1 fully saturated rings. The molecule has 56 valence electrons. The van der Waals surface area contributed by atoms with Crippen molar-refractivity contribution in [2.45, 2.75) is 18.5 Å². The van der Waals surface area contributed by atoms with Gasteiger partial charge in [0.15, 0.2) is 0 Å². The first-order valence-electron chi connectivity index (χ1n) is 3.07. The Morgan fingerprint density at radius 1 is 1.80 bits per heavy atom. The molecule has 1 heterocycles. The highest BCUT2D eigenvalue weighted by molar-refractivity contribution is 5.73. The Morgan fingerprint density at radius 2 is 2.50 bits per heavy atom. The van der Waals surface area contributed by atoms with E-state index in [1.165, 1.54) is 0 Å². The van der Waals surface area contributed by atoms with Crippen molar-refractivity contribution in [1.82, 2.24) is 5.32 Å². The zero-order valence-electron chi connectivity index (χ0n) is 5.37. The quantitative estimate of drug-likeness (QED) is 0.469. The molecular formula is C5H9N3O2. The molecule has 10 heavy (non-hydrogen) atoms. The van der Waals surface area contributed by atoms with Crippen LogP contribution in [0.2, 0.25) is 0 Å². The van der Waals surface area contributed by atoms with Gasteiger partial charge in [-0.2, -0.15) is 5.11 Å². The molecular weight excluding hydrogens is 134 g/mol. The number of hydrogen-bond acceptors (Lipinski definition) is 4. The van der Waals surface area contributed by atoms with Crippen molar-refractivity contribution in [3.8, 4) is 0 Å². The highest BCUT2D eigenvalue weighted by atomic mass is 16.4. The summed E-state index contributed by atoms with van der Waals surface area (Å²) >= 11 is 0. The second kappa shape index (κ2) is 2.74. The fourth-order valence-corrected chi connectivity index (χ4v) is 1.00. The average Bonchev–Trinajstić information content (AvgIpc) is 2.34. The van der Waals surface area contributed by atoms with Crippen molar-refractivity contribution in [2.75, 3.05) is 6.54 Å². The predicted octanol–water partition coefficient (Wildman–Crippen LogP) is -0.168. The second-order valence-corrected chi connectivity index (χ2v) is 2.32. The van der Waals surface area contributed by atoms with Crippen LogP contribution in [0, 0.1) is 5.53 Å². The standard InChI is InChI=1S/C5H9N3O2/c6-8-3-1-4(5(9)10)7-2-3/h3-4,6-7H,1-2H2,(H,9,10)/t3?,4-/m0/s1. The van der Waals surface area contributed by atoms with Gasteiger partial charge in [-0.3, -0.25) is 4.79 Å². The van der Waals surface area contributed by atoms with Crippen LogP contribution in [0.5, 0.6) is 0 Å². The molecule has 5 heteroatoms. The van der Waals surface area contributed by atoms with E-state index in [2.05, 4.69) is 10.4 Å². The molecule has 1 aliphatic heterocycles. The lowest BCUT2D eigenvalue weighted by atomic mass is 10.2. The molecule has 0 amide bonds. The molecule has 0 aliphatic carbocycles. The Balaban J connectivity index is 2.42. The topological polar surface area (TPSA) is 85.5 Å². The Labute approximate surface area is 57.9 Å². The third-order valence-electron chi connectivity index (χ3n) is 1.59. The smallest absolute Gasteiger partial charge is 0.320 e. The van der Waals surface area contributed by atoms with Crippen LogP contribution < -0.4 is 5.32 Å². The van der Waals surface area contributed by atoms with E-state index in [0.29, 0.717) is 13.0 Å². The van der Waals surface area contributed by atoms with E-state index < -0.39 is 12.0 Å². The maximum Gasteiger partial charge on any atom is 0.320 e. The van der Waals surface area contributed by atoms with Crippen molar-refractivity contribution in [3.63, 3.8) is 0 Å². The molecule has 0 radical (unpaired) electrons. The summed E-state index contributed by atoms with van der Waals surface area (Å²) in [4.78, 5) is 10.3. The van der Waals surface area contributed by atoms with Crippen molar-refractivity contribution < 1.29 is 9.90 Å². The zero-order valence-corrected chi connectivity index (χ0v) is 5.37. The summed E-state index contributed by atoms with van der Waals surface area (Å²) in [7, 11) is 0. The van der Waals surface area contributed by atoms with E-state index in [1.807, 2.05) is 0 Å². The summed E-state index contributed by atoms with van der Waals surface area (Å²) in [6, 6.07) is -0.639. The first-order chi connectivity index (χ1) is 4.74. The molecule has 2 atom stereocenters. The summed E-state index contributed by atoms with van der Waals surface area (Å²) in [5, 5.41) is 14.4. The first kappa shape index (κ1) is 7.14. The average molecular weight is 143 g/mol. The van der Waals surface area contributed by atoms with Gasteiger partial charge in [0.05, 0.1) is 6.04 Å². The lowest BCUT2D eigenvalue weighted by Crippen LogP contribution is -2.29. The maximum atomic E-state index is 10.3. The summed E-state index contributed by atoms with van der Waals surface area (Å²) in [6.45, 7) is 0.514. The Hall–Kier alpha value is -0.970. The number of rotatable bonds is 2. The lowest BCUT2D eigenvalue weighted by molar-refractivity contribution is -0.139. The van der Waals surface area contributed by atoms with E-state index in [4.69, 9.17) is 10.6 Å². The monoisotopic (exact) mass is 143 g/mol. The predicted molar refractivity (Wildman–Crippen MR) is 33.0 cm³/mol. The van der Waals surface area contributed by atoms with E-state index in [1.54, 1.807) is 0 Å². The minimum absolute atomic E-state index is 0.138. The van der Waals surface area contributed by atoms with Crippen LogP contribution >= 0.6 is 0 Å². The van der Waals surface area contributed by atoms with Crippen molar-refractivity contribution in [3.05, 3.63) is 0 Å². The molecule has 1 aliphatic rings. The van der Waals surface area contributed by atoms with Gasteiger partial charge in [-0.15, -0.1) is 0 Å². The summed E-state index contributed by atoms with van der Waals surface area (Å²) in [5.74, 6) is -0.855. The Kier molecular flexibility index (Phi) is 1.96. The minimum atomic E-state index is -0.855. The summed E-state index contributed by atoms with van der Waals surface area (Å²) < 4.78 is 0. The van der Waals surface area contributed by atoms with Gasteiger partial charge in [0.25, 0.3) is 0 Å². The molecule has 0 aromatic heterocycles. The van der Waals surface area contributed by atoms with Gasteiger partial charge in [0, 0.05) is 6.54 Å². The van der Waals surface area contributed by atoms with Gasteiger partial charge in [0.1, 0.15) is 6.04 Å². The van der Waals surface area contributed by atoms with Gasteiger partial charge >= 0.3 is 5.97 Å². The van der Waals surface area contributed by atoms with Crippen LogP contribution in [0.1, 0.15) is 6.42 Å². The number of aliphatic carboxylic acids is 1. The van der Waals surface area contributed by atoms with Crippen LogP contribution in [-0.2, 0) is 4.79 Å². The summed E-state index contributed by atoms with van der Waals surface area (Å²) in [5.41, 5.74) is 6.62. The van der Waals surface area contributed by atoms with Crippen molar-refractivity contribution in [1.29, 1.82) is 5.53 Å². The fourth-order valence-electron chi connectivity index (χ4n) is 1.00. The number of nitrogens with one attached hydrogen (secondary N) is 2. The highest BCUT2D eigenvalue weighted by Gasteiger charge is 2.28. The number of nitrogens with zero attached hydrogens (tertiary/aromatic N) is 1. The molecule has 0 aromatic carbocycles. The van der Waals surface area contributed by atoms with Crippen molar-refractivity contribution >= 4 is 5.97 Å². The van der Waals surface area contributed by atoms with Gasteiger partial charge < -0.3 is 10.4 Å². The van der Waals surface area contributed by atoms with E-state index >= 15 is 0 Å². The van der Waals surface area contributed by atoms with Crippen molar-refractivity contribution in [2.24, 2.45) is 5.11 Å². The molecule has 0 bridgehead atoms.